The van der Waals surface area contributed by atoms with Crippen LogP contribution >= 0.6 is 45.9 Å². The minimum atomic E-state index is -3.72. The number of rotatable bonds is 4. The third-order valence-corrected chi connectivity index (χ3v) is 7.77. The van der Waals surface area contributed by atoms with Gasteiger partial charge in [0.25, 0.3) is 10.0 Å². The van der Waals surface area contributed by atoms with E-state index in [-0.39, 0.29) is 14.9 Å². The van der Waals surface area contributed by atoms with Crippen molar-refractivity contribution in [1.82, 2.24) is 4.98 Å². The number of thiophene rings is 1. The number of thiazole rings is 1. The largest absolute Gasteiger partial charge is 0.277 e. The molecule has 0 saturated heterocycles. The topological polar surface area (TPSA) is 59.1 Å². The van der Waals surface area contributed by atoms with Gasteiger partial charge in [0.2, 0.25) is 0 Å². The highest BCUT2D eigenvalue weighted by atomic mass is 35.5. The van der Waals surface area contributed by atoms with E-state index in [0.29, 0.717) is 5.02 Å². The Balaban J connectivity index is 1.90. The van der Waals surface area contributed by atoms with Crippen LogP contribution in [-0.2, 0) is 10.0 Å². The number of halogens is 2. The van der Waals surface area contributed by atoms with Crippen molar-refractivity contribution in [2.75, 3.05) is 4.72 Å². The van der Waals surface area contributed by atoms with Gasteiger partial charge in [-0.25, -0.2) is 13.4 Å². The van der Waals surface area contributed by atoms with Crippen molar-refractivity contribution in [1.29, 1.82) is 0 Å². The van der Waals surface area contributed by atoms with E-state index in [4.69, 9.17) is 23.2 Å². The fourth-order valence-corrected chi connectivity index (χ4v) is 5.67. The van der Waals surface area contributed by atoms with Crippen LogP contribution in [0.1, 0.15) is 10.6 Å². The molecule has 0 amide bonds. The molecule has 0 saturated carbocycles. The van der Waals surface area contributed by atoms with Crippen LogP contribution in [0.5, 0.6) is 0 Å². The maximum atomic E-state index is 12.5. The van der Waals surface area contributed by atoms with Crippen molar-refractivity contribution >= 4 is 61.6 Å². The van der Waals surface area contributed by atoms with Crippen LogP contribution in [-0.4, -0.2) is 13.4 Å². The summed E-state index contributed by atoms with van der Waals surface area (Å²) in [7, 11) is -3.72. The molecule has 2 heterocycles. The molecule has 2 aromatic heterocycles. The average Bonchev–Trinajstić information content (AvgIpc) is 3.10. The van der Waals surface area contributed by atoms with E-state index in [0.717, 1.165) is 32.5 Å². The maximum absolute atomic E-state index is 12.5. The first-order valence-corrected chi connectivity index (χ1v) is 10.7. The van der Waals surface area contributed by atoms with Gasteiger partial charge in [-0.15, -0.1) is 22.7 Å². The third-order valence-electron chi connectivity index (χ3n) is 3.29. The molecule has 0 aliphatic rings. The summed E-state index contributed by atoms with van der Waals surface area (Å²) in [5.41, 5.74) is 2.04. The molecule has 1 N–H and O–H groups in total. The lowest BCUT2D eigenvalue weighted by Crippen LogP contribution is -2.11. The van der Waals surface area contributed by atoms with Gasteiger partial charge in [0, 0.05) is 20.8 Å². The van der Waals surface area contributed by atoms with Crippen LogP contribution in [0.2, 0.25) is 10.0 Å². The SMILES string of the molecule is Cc1nc(-c2csc(S(=O)(=O)Nc3ccc(Cl)cc3Cl)c2)sc1C. The zero-order valence-corrected chi connectivity index (χ0v) is 16.6. The van der Waals surface area contributed by atoms with E-state index in [2.05, 4.69) is 9.71 Å². The molecule has 0 atom stereocenters. The quantitative estimate of drug-likeness (QED) is 0.599. The monoisotopic (exact) mass is 418 g/mol. The van der Waals surface area contributed by atoms with Crippen LogP contribution in [0.3, 0.4) is 0 Å². The van der Waals surface area contributed by atoms with Gasteiger partial charge in [0.05, 0.1) is 16.4 Å². The van der Waals surface area contributed by atoms with E-state index < -0.39 is 10.0 Å². The molecule has 3 rings (SSSR count). The Hall–Kier alpha value is -1.12. The van der Waals surface area contributed by atoms with Gasteiger partial charge in [-0.3, -0.25) is 4.72 Å². The van der Waals surface area contributed by atoms with Gasteiger partial charge in [-0.1, -0.05) is 23.2 Å². The summed E-state index contributed by atoms with van der Waals surface area (Å²) >= 11 is 14.5. The van der Waals surface area contributed by atoms with Crippen LogP contribution in [0, 0.1) is 13.8 Å². The number of hydrogen-bond acceptors (Lipinski definition) is 5. The van der Waals surface area contributed by atoms with Gasteiger partial charge in [-0.2, -0.15) is 0 Å². The van der Waals surface area contributed by atoms with Crippen LogP contribution < -0.4 is 4.72 Å². The number of nitrogens with one attached hydrogen (secondary N) is 1. The summed E-state index contributed by atoms with van der Waals surface area (Å²) < 4.78 is 27.8. The third kappa shape index (κ3) is 3.60. The summed E-state index contributed by atoms with van der Waals surface area (Å²) in [6.45, 7) is 3.92. The first kappa shape index (κ1) is 17.7. The molecule has 0 radical (unpaired) electrons. The molecule has 126 valence electrons. The Morgan fingerprint density at radius 3 is 2.54 bits per heavy atom. The summed E-state index contributed by atoms with van der Waals surface area (Å²) in [5, 5.41) is 3.28. The number of sulfonamides is 1. The summed E-state index contributed by atoms with van der Waals surface area (Å²) in [5.74, 6) is 0. The predicted molar refractivity (Wildman–Crippen MR) is 102 cm³/mol. The molecule has 4 nitrogen and oxygen atoms in total. The molecule has 0 fully saturated rings. The maximum Gasteiger partial charge on any atom is 0.271 e. The zero-order valence-electron chi connectivity index (χ0n) is 12.6. The van der Waals surface area contributed by atoms with Crippen LogP contribution in [0.25, 0.3) is 10.6 Å². The van der Waals surface area contributed by atoms with Crippen molar-refractivity contribution in [3.05, 3.63) is 50.3 Å². The van der Waals surface area contributed by atoms with E-state index in [9.17, 15) is 8.42 Å². The van der Waals surface area contributed by atoms with E-state index >= 15 is 0 Å². The van der Waals surface area contributed by atoms with Gasteiger partial charge in [0.15, 0.2) is 0 Å². The molecule has 3 aromatic rings. The van der Waals surface area contributed by atoms with E-state index in [1.54, 1.807) is 28.8 Å². The normalized spacial score (nSPS) is 11.7. The van der Waals surface area contributed by atoms with Gasteiger partial charge < -0.3 is 0 Å². The molecule has 24 heavy (non-hydrogen) atoms. The molecular formula is C15H12Cl2N2O2S3. The molecule has 0 bridgehead atoms. The number of benzene rings is 1. The highest BCUT2D eigenvalue weighted by Crippen LogP contribution is 2.34. The molecule has 0 aliphatic heterocycles. The van der Waals surface area contributed by atoms with Crippen molar-refractivity contribution in [3.8, 4) is 10.6 Å². The number of hydrogen-bond donors (Lipinski definition) is 1. The number of aromatic nitrogens is 1. The predicted octanol–water partition coefficient (Wildman–Crippen LogP) is 5.60. The lowest BCUT2D eigenvalue weighted by Gasteiger charge is -2.08. The second kappa shape index (κ2) is 6.65. The minimum Gasteiger partial charge on any atom is -0.277 e. The van der Waals surface area contributed by atoms with Crippen LogP contribution in [0.15, 0.2) is 33.9 Å². The Kier molecular flexibility index (Phi) is 4.90. The first-order chi connectivity index (χ1) is 11.3. The molecule has 9 heteroatoms. The first-order valence-electron chi connectivity index (χ1n) is 6.77. The summed E-state index contributed by atoms with van der Waals surface area (Å²) in [6.07, 6.45) is 0. The highest BCUT2D eigenvalue weighted by Gasteiger charge is 2.20. The van der Waals surface area contributed by atoms with Gasteiger partial charge in [-0.05, 0) is 38.1 Å². The van der Waals surface area contributed by atoms with Crippen molar-refractivity contribution < 1.29 is 8.42 Å². The zero-order chi connectivity index (χ0) is 17.5. The second-order valence-corrected chi connectivity index (χ2v) is 9.91. The molecule has 0 spiro atoms. The van der Waals surface area contributed by atoms with Gasteiger partial charge >= 0.3 is 0 Å². The second-order valence-electron chi connectivity index (χ2n) is 5.04. The lowest BCUT2D eigenvalue weighted by atomic mass is 10.3. The van der Waals surface area contributed by atoms with Crippen molar-refractivity contribution in [3.63, 3.8) is 0 Å². The number of nitrogens with zero attached hydrogens (tertiary/aromatic N) is 1. The Morgan fingerprint density at radius 2 is 1.92 bits per heavy atom. The molecule has 0 unspecified atom stereocenters. The Bertz CT molecular complexity index is 990. The van der Waals surface area contributed by atoms with Gasteiger partial charge in [0.1, 0.15) is 9.22 Å². The fourth-order valence-electron chi connectivity index (χ4n) is 1.93. The molecule has 0 aliphatic carbocycles. The van der Waals surface area contributed by atoms with E-state index in [1.807, 2.05) is 13.8 Å². The van der Waals surface area contributed by atoms with E-state index in [1.165, 1.54) is 12.1 Å². The standard InChI is InChI=1S/C15H12Cl2N2O2S3/c1-8-9(2)23-15(18-8)10-5-14(22-7-10)24(20,21)19-13-4-3-11(16)6-12(13)17/h3-7,19H,1-2H3. The summed E-state index contributed by atoms with van der Waals surface area (Å²) in [6, 6.07) is 6.22. The fraction of sp³-hybridized carbons (Fsp3) is 0.133. The highest BCUT2D eigenvalue weighted by molar-refractivity contribution is 7.94. The minimum absolute atomic E-state index is 0.203. The smallest absolute Gasteiger partial charge is 0.271 e. The summed E-state index contributed by atoms with van der Waals surface area (Å²) in [4.78, 5) is 5.58. The number of aryl methyl sites for hydroxylation is 2. The van der Waals surface area contributed by atoms with Crippen molar-refractivity contribution in [2.45, 2.75) is 18.1 Å². The Morgan fingerprint density at radius 1 is 1.17 bits per heavy atom. The lowest BCUT2D eigenvalue weighted by molar-refractivity contribution is 0.603. The molecular weight excluding hydrogens is 407 g/mol. The Labute approximate surface area is 158 Å². The van der Waals surface area contributed by atoms with Crippen LogP contribution in [0.4, 0.5) is 5.69 Å². The van der Waals surface area contributed by atoms with Crippen molar-refractivity contribution in [2.24, 2.45) is 0 Å². The average molecular weight is 419 g/mol. The number of anilines is 1. The molecule has 1 aromatic carbocycles.